The van der Waals surface area contributed by atoms with Gasteiger partial charge in [-0.15, -0.1) is 0 Å². The fourth-order valence-corrected chi connectivity index (χ4v) is 2.41. The Labute approximate surface area is 98.8 Å². The minimum atomic E-state index is 0.458. The number of benzene rings is 1. The third-order valence-corrected chi connectivity index (χ3v) is 3.39. The molecule has 0 saturated heterocycles. The van der Waals surface area contributed by atoms with Crippen LogP contribution in [0.25, 0.3) is 0 Å². The number of hydrogen-bond acceptors (Lipinski definition) is 1. The highest BCUT2D eigenvalue weighted by atomic mass is 16.5. The lowest BCUT2D eigenvalue weighted by Gasteiger charge is -2.18. The maximum absolute atomic E-state index is 6.15. The van der Waals surface area contributed by atoms with Crippen molar-refractivity contribution in [3.8, 4) is 5.75 Å². The van der Waals surface area contributed by atoms with Crippen LogP contribution in [0.4, 0.5) is 0 Å². The fourth-order valence-electron chi connectivity index (χ4n) is 2.41. The van der Waals surface area contributed by atoms with E-state index in [-0.39, 0.29) is 0 Å². The Morgan fingerprint density at radius 2 is 1.88 bits per heavy atom. The highest BCUT2D eigenvalue weighted by molar-refractivity contribution is 5.39. The first-order valence-electron chi connectivity index (χ1n) is 6.44. The summed E-state index contributed by atoms with van der Waals surface area (Å²) < 4.78 is 6.15. The first-order valence-corrected chi connectivity index (χ1v) is 6.44. The molecule has 1 aromatic rings. The zero-order chi connectivity index (χ0) is 11.5. The summed E-state index contributed by atoms with van der Waals surface area (Å²) in [5.41, 5.74) is 2.63. The lowest BCUT2D eigenvalue weighted by molar-refractivity contribution is 0.207. The molecule has 16 heavy (non-hydrogen) atoms. The van der Waals surface area contributed by atoms with E-state index in [2.05, 4.69) is 39.0 Å². The van der Waals surface area contributed by atoms with E-state index in [1.807, 2.05) is 0 Å². The zero-order valence-corrected chi connectivity index (χ0v) is 10.6. The van der Waals surface area contributed by atoms with Crippen LogP contribution in [-0.2, 0) is 0 Å². The summed E-state index contributed by atoms with van der Waals surface area (Å²) in [6.07, 6.45) is 5.57. The van der Waals surface area contributed by atoms with Gasteiger partial charge in [-0.05, 0) is 55.7 Å². The molecule has 0 N–H and O–H groups in total. The first-order chi connectivity index (χ1) is 7.66. The van der Waals surface area contributed by atoms with E-state index in [1.165, 1.54) is 36.8 Å². The molecule has 1 aromatic carbocycles. The highest BCUT2D eigenvalue weighted by Crippen LogP contribution is 2.31. The van der Waals surface area contributed by atoms with Crippen LogP contribution in [0.2, 0.25) is 0 Å². The van der Waals surface area contributed by atoms with Gasteiger partial charge in [0.1, 0.15) is 5.75 Å². The van der Waals surface area contributed by atoms with Gasteiger partial charge in [-0.2, -0.15) is 0 Å². The van der Waals surface area contributed by atoms with Crippen molar-refractivity contribution in [3.05, 3.63) is 29.3 Å². The molecular formula is C15H22O. The summed E-state index contributed by atoms with van der Waals surface area (Å²) in [4.78, 5) is 0. The average Bonchev–Trinajstić information content (AvgIpc) is 2.70. The van der Waals surface area contributed by atoms with Gasteiger partial charge in [0.05, 0.1) is 6.10 Å². The van der Waals surface area contributed by atoms with Gasteiger partial charge < -0.3 is 4.74 Å². The number of hydrogen-bond donors (Lipinski definition) is 0. The van der Waals surface area contributed by atoms with E-state index in [9.17, 15) is 0 Å². The maximum atomic E-state index is 6.15. The molecule has 1 heteroatoms. The molecule has 0 radical (unpaired) electrons. The second-order valence-electron chi connectivity index (χ2n) is 5.22. The summed E-state index contributed by atoms with van der Waals surface area (Å²) >= 11 is 0. The molecule has 1 aliphatic carbocycles. The molecule has 0 bridgehead atoms. The van der Waals surface area contributed by atoms with E-state index in [0.717, 1.165) is 5.75 Å². The third-order valence-electron chi connectivity index (χ3n) is 3.39. The van der Waals surface area contributed by atoms with E-state index in [1.54, 1.807) is 0 Å². The molecule has 0 atom stereocenters. The fraction of sp³-hybridized carbons (Fsp3) is 0.600. The third kappa shape index (κ3) is 2.58. The maximum Gasteiger partial charge on any atom is 0.123 e. The van der Waals surface area contributed by atoms with E-state index >= 15 is 0 Å². The van der Waals surface area contributed by atoms with Crippen molar-refractivity contribution in [2.45, 2.75) is 58.5 Å². The summed E-state index contributed by atoms with van der Waals surface area (Å²) in [5, 5.41) is 0. The quantitative estimate of drug-likeness (QED) is 0.728. The molecule has 0 unspecified atom stereocenters. The Morgan fingerprint density at radius 3 is 2.50 bits per heavy atom. The van der Waals surface area contributed by atoms with Crippen LogP contribution < -0.4 is 4.74 Å². The van der Waals surface area contributed by atoms with E-state index < -0.39 is 0 Å². The summed E-state index contributed by atoms with van der Waals surface area (Å²) in [7, 11) is 0. The Bertz CT molecular complexity index is 348. The van der Waals surface area contributed by atoms with Crippen molar-refractivity contribution in [1.82, 2.24) is 0 Å². The van der Waals surface area contributed by atoms with Crippen LogP contribution in [0.3, 0.4) is 0 Å². The van der Waals surface area contributed by atoms with Gasteiger partial charge in [0.2, 0.25) is 0 Å². The number of aryl methyl sites for hydroxylation is 1. The van der Waals surface area contributed by atoms with Gasteiger partial charge in [-0.3, -0.25) is 0 Å². The monoisotopic (exact) mass is 218 g/mol. The minimum absolute atomic E-state index is 0.458. The Balaban J connectivity index is 2.19. The summed E-state index contributed by atoms with van der Waals surface area (Å²) in [6.45, 7) is 6.59. The van der Waals surface area contributed by atoms with Crippen LogP contribution in [0.15, 0.2) is 18.2 Å². The predicted molar refractivity (Wildman–Crippen MR) is 68.2 cm³/mol. The normalized spacial score (nSPS) is 17.0. The molecule has 1 saturated carbocycles. The molecule has 1 fully saturated rings. The van der Waals surface area contributed by atoms with Gasteiger partial charge >= 0.3 is 0 Å². The first kappa shape index (κ1) is 11.5. The van der Waals surface area contributed by atoms with Gasteiger partial charge in [-0.25, -0.2) is 0 Å². The Hall–Kier alpha value is -0.980. The van der Waals surface area contributed by atoms with Crippen molar-refractivity contribution in [1.29, 1.82) is 0 Å². The molecule has 1 aliphatic rings. The SMILES string of the molecule is Cc1ccc(C(C)C)c(OC2CCCC2)c1. The average molecular weight is 218 g/mol. The number of ether oxygens (including phenoxy) is 1. The lowest BCUT2D eigenvalue weighted by Crippen LogP contribution is -2.12. The molecule has 2 rings (SSSR count). The molecule has 0 spiro atoms. The Kier molecular flexibility index (Phi) is 3.52. The van der Waals surface area contributed by atoms with Crippen LogP contribution in [0, 0.1) is 6.92 Å². The van der Waals surface area contributed by atoms with Crippen molar-refractivity contribution < 1.29 is 4.74 Å². The topological polar surface area (TPSA) is 9.23 Å². The van der Waals surface area contributed by atoms with E-state index in [4.69, 9.17) is 4.74 Å². The van der Waals surface area contributed by atoms with Gasteiger partial charge in [-0.1, -0.05) is 26.0 Å². The van der Waals surface area contributed by atoms with Crippen LogP contribution in [0.1, 0.15) is 56.6 Å². The summed E-state index contributed by atoms with van der Waals surface area (Å²) in [6, 6.07) is 6.58. The molecule has 0 aromatic heterocycles. The minimum Gasteiger partial charge on any atom is -0.490 e. The van der Waals surface area contributed by atoms with E-state index in [0.29, 0.717) is 12.0 Å². The molecule has 0 heterocycles. The Morgan fingerprint density at radius 1 is 1.19 bits per heavy atom. The smallest absolute Gasteiger partial charge is 0.123 e. The lowest BCUT2D eigenvalue weighted by atomic mass is 10.0. The summed E-state index contributed by atoms with van der Waals surface area (Å²) in [5.74, 6) is 1.65. The second kappa shape index (κ2) is 4.90. The van der Waals surface area contributed by atoms with Crippen LogP contribution >= 0.6 is 0 Å². The predicted octanol–water partition coefficient (Wildman–Crippen LogP) is 4.44. The second-order valence-corrected chi connectivity index (χ2v) is 5.22. The zero-order valence-electron chi connectivity index (χ0n) is 10.6. The standard InChI is InChI=1S/C15H22O/c1-11(2)14-9-8-12(3)10-15(14)16-13-6-4-5-7-13/h8-11,13H,4-7H2,1-3H3. The van der Waals surface area contributed by atoms with Gasteiger partial charge in [0.25, 0.3) is 0 Å². The largest absolute Gasteiger partial charge is 0.490 e. The molecule has 88 valence electrons. The van der Waals surface area contributed by atoms with Crippen LogP contribution in [0.5, 0.6) is 5.75 Å². The van der Waals surface area contributed by atoms with Gasteiger partial charge in [0.15, 0.2) is 0 Å². The molecule has 0 aliphatic heterocycles. The number of rotatable bonds is 3. The van der Waals surface area contributed by atoms with Crippen molar-refractivity contribution >= 4 is 0 Å². The molecule has 1 nitrogen and oxygen atoms in total. The van der Waals surface area contributed by atoms with Crippen LogP contribution in [-0.4, -0.2) is 6.10 Å². The van der Waals surface area contributed by atoms with Crippen molar-refractivity contribution in [2.75, 3.05) is 0 Å². The van der Waals surface area contributed by atoms with Gasteiger partial charge in [0, 0.05) is 0 Å². The highest BCUT2D eigenvalue weighted by Gasteiger charge is 2.18. The molecule has 0 amide bonds. The van der Waals surface area contributed by atoms with Crippen molar-refractivity contribution in [3.63, 3.8) is 0 Å². The van der Waals surface area contributed by atoms with Crippen molar-refractivity contribution in [2.24, 2.45) is 0 Å². The molecular weight excluding hydrogens is 196 g/mol.